The van der Waals surface area contributed by atoms with E-state index in [1.54, 1.807) is 0 Å². The number of hydrogen-bond donors (Lipinski definition) is 1. The number of carbonyl (C=O) groups excluding carboxylic acids is 1. The van der Waals surface area contributed by atoms with Gasteiger partial charge in [0.1, 0.15) is 0 Å². The van der Waals surface area contributed by atoms with E-state index in [0.717, 1.165) is 43.6 Å². The van der Waals surface area contributed by atoms with Gasteiger partial charge < -0.3 is 14.8 Å². The number of nitrogens with one attached hydrogen (secondary N) is 1. The number of anilines is 1. The molecule has 2 aromatic carbocycles. The SMILES string of the molecule is O=C(CN1CCC(C2OCCO2)CC1)Nc1ccccc1Cc1ccccc1. The molecule has 0 aliphatic carbocycles. The predicted molar refractivity (Wildman–Crippen MR) is 109 cm³/mol. The molecule has 2 fully saturated rings. The van der Waals surface area contributed by atoms with Gasteiger partial charge in [0.2, 0.25) is 5.91 Å². The number of piperidine rings is 1. The fraction of sp³-hybridized carbons (Fsp3) is 0.435. The first kappa shape index (κ1) is 19.1. The Bertz CT molecular complexity index is 766. The zero-order chi connectivity index (χ0) is 19.2. The largest absolute Gasteiger partial charge is 0.350 e. The zero-order valence-electron chi connectivity index (χ0n) is 16.2. The van der Waals surface area contributed by atoms with E-state index in [1.807, 2.05) is 36.4 Å². The molecule has 2 aliphatic rings. The molecule has 28 heavy (non-hydrogen) atoms. The highest BCUT2D eigenvalue weighted by molar-refractivity contribution is 5.93. The minimum atomic E-state index is -0.0409. The van der Waals surface area contributed by atoms with Gasteiger partial charge in [-0.15, -0.1) is 0 Å². The van der Waals surface area contributed by atoms with Crippen molar-refractivity contribution in [2.45, 2.75) is 25.6 Å². The van der Waals surface area contributed by atoms with Crippen molar-refractivity contribution in [1.82, 2.24) is 4.90 Å². The summed E-state index contributed by atoms with van der Waals surface area (Å²) in [6.07, 6.45) is 2.80. The monoisotopic (exact) mass is 380 g/mol. The second kappa shape index (κ2) is 9.32. The van der Waals surface area contributed by atoms with Crippen molar-refractivity contribution in [2.75, 3.05) is 38.2 Å². The highest BCUT2D eigenvalue weighted by atomic mass is 16.7. The smallest absolute Gasteiger partial charge is 0.238 e. The van der Waals surface area contributed by atoms with Crippen molar-refractivity contribution in [3.63, 3.8) is 0 Å². The van der Waals surface area contributed by atoms with Crippen LogP contribution in [0.3, 0.4) is 0 Å². The molecule has 1 N–H and O–H groups in total. The number of rotatable bonds is 6. The zero-order valence-corrected chi connectivity index (χ0v) is 16.2. The quantitative estimate of drug-likeness (QED) is 0.835. The van der Waals surface area contributed by atoms with Crippen molar-refractivity contribution >= 4 is 11.6 Å². The van der Waals surface area contributed by atoms with E-state index in [2.05, 4.69) is 28.4 Å². The minimum Gasteiger partial charge on any atom is -0.350 e. The Morgan fingerprint density at radius 1 is 0.964 bits per heavy atom. The molecule has 0 unspecified atom stereocenters. The Kier molecular flexibility index (Phi) is 6.37. The van der Waals surface area contributed by atoms with Gasteiger partial charge in [-0.05, 0) is 49.5 Å². The molecule has 148 valence electrons. The van der Waals surface area contributed by atoms with Crippen LogP contribution in [0.2, 0.25) is 0 Å². The molecule has 1 amide bonds. The number of ether oxygens (including phenoxy) is 2. The van der Waals surface area contributed by atoms with Gasteiger partial charge in [0.25, 0.3) is 0 Å². The Hall–Kier alpha value is -2.21. The van der Waals surface area contributed by atoms with E-state index in [9.17, 15) is 4.79 Å². The molecule has 2 saturated heterocycles. The van der Waals surface area contributed by atoms with Crippen molar-refractivity contribution < 1.29 is 14.3 Å². The highest BCUT2D eigenvalue weighted by Crippen LogP contribution is 2.26. The Balaban J connectivity index is 1.29. The fourth-order valence-corrected chi connectivity index (χ4v) is 4.04. The van der Waals surface area contributed by atoms with Crippen LogP contribution in [-0.4, -0.2) is 49.9 Å². The summed E-state index contributed by atoms with van der Waals surface area (Å²) in [5, 5.41) is 3.11. The first-order valence-electron chi connectivity index (χ1n) is 10.2. The van der Waals surface area contributed by atoms with Crippen LogP contribution in [0.15, 0.2) is 54.6 Å². The summed E-state index contributed by atoms with van der Waals surface area (Å²) >= 11 is 0. The molecule has 2 aromatic rings. The standard InChI is InChI=1S/C23H28N2O3/c26-22(17-25-12-10-19(11-13-25)23-27-14-15-28-23)24-21-9-5-4-8-20(21)16-18-6-2-1-3-7-18/h1-9,19,23H,10-17H2,(H,24,26). The Labute approximate surface area is 166 Å². The number of hydrogen-bond acceptors (Lipinski definition) is 4. The van der Waals surface area contributed by atoms with Crippen molar-refractivity contribution in [3.8, 4) is 0 Å². The van der Waals surface area contributed by atoms with E-state index in [-0.39, 0.29) is 12.2 Å². The van der Waals surface area contributed by atoms with Crippen LogP contribution in [-0.2, 0) is 20.7 Å². The summed E-state index contributed by atoms with van der Waals surface area (Å²) < 4.78 is 11.3. The highest BCUT2D eigenvalue weighted by Gasteiger charge is 2.30. The van der Waals surface area contributed by atoms with Crippen molar-refractivity contribution in [2.24, 2.45) is 5.92 Å². The number of benzene rings is 2. The van der Waals surface area contributed by atoms with Gasteiger partial charge in [0.05, 0.1) is 19.8 Å². The maximum Gasteiger partial charge on any atom is 0.238 e. The summed E-state index contributed by atoms with van der Waals surface area (Å²) in [6, 6.07) is 18.4. The summed E-state index contributed by atoms with van der Waals surface area (Å²) in [5.41, 5.74) is 3.28. The van der Waals surface area contributed by atoms with Crippen molar-refractivity contribution in [3.05, 3.63) is 65.7 Å². The molecular weight excluding hydrogens is 352 g/mol. The Morgan fingerprint density at radius 3 is 2.39 bits per heavy atom. The molecule has 5 heteroatoms. The number of carbonyl (C=O) groups is 1. The van der Waals surface area contributed by atoms with E-state index in [4.69, 9.17) is 9.47 Å². The summed E-state index contributed by atoms with van der Waals surface area (Å²) in [6.45, 7) is 3.66. The number of amides is 1. The average molecular weight is 380 g/mol. The first-order valence-corrected chi connectivity index (χ1v) is 10.2. The van der Waals surface area contributed by atoms with Gasteiger partial charge in [-0.3, -0.25) is 9.69 Å². The lowest BCUT2D eigenvalue weighted by atomic mass is 9.96. The van der Waals surface area contributed by atoms with Crippen LogP contribution in [0.25, 0.3) is 0 Å². The Morgan fingerprint density at radius 2 is 1.64 bits per heavy atom. The second-order valence-electron chi connectivity index (χ2n) is 7.59. The third-order valence-corrected chi connectivity index (χ3v) is 5.56. The minimum absolute atomic E-state index is 0.0409. The summed E-state index contributed by atoms with van der Waals surface area (Å²) in [4.78, 5) is 14.8. The number of para-hydroxylation sites is 1. The normalized spacial score (nSPS) is 19.0. The average Bonchev–Trinajstić information content (AvgIpc) is 3.26. The molecule has 4 rings (SSSR count). The van der Waals surface area contributed by atoms with Gasteiger partial charge in [-0.25, -0.2) is 0 Å². The first-order chi connectivity index (χ1) is 13.8. The fourth-order valence-electron chi connectivity index (χ4n) is 4.04. The topological polar surface area (TPSA) is 50.8 Å². The van der Waals surface area contributed by atoms with Crippen LogP contribution in [0.1, 0.15) is 24.0 Å². The molecule has 0 saturated carbocycles. The summed E-state index contributed by atoms with van der Waals surface area (Å²) in [5.74, 6) is 0.501. The van der Waals surface area contributed by atoms with E-state index in [0.29, 0.717) is 25.7 Å². The molecule has 0 bridgehead atoms. The van der Waals surface area contributed by atoms with Crippen LogP contribution in [0, 0.1) is 5.92 Å². The predicted octanol–water partition coefficient (Wildman–Crippen LogP) is 3.30. The molecular formula is C23H28N2O3. The van der Waals surface area contributed by atoms with E-state index < -0.39 is 0 Å². The molecule has 5 nitrogen and oxygen atoms in total. The molecule has 0 spiro atoms. The van der Waals surface area contributed by atoms with Crippen LogP contribution >= 0.6 is 0 Å². The summed E-state index contributed by atoms with van der Waals surface area (Å²) in [7, 11) is 0. The van der Waals surface area contributed by atoms with Crippen LogP contribution in [0.4, 0.5) is 5.69 Å². The molecule has 0 radical (unpaired) electrons. The third kappa shape index (κ3) is 4.98. The molecule has 2 aliphatic heterocycles. The lowest BCUT2D eigenvalue weighted by Gasteiger charge is -2.33. The lowest BCUT2D eigenvalue weighted by molar-refractivity contribution is -0.119. The molecule has 0 aromatic heterocycles. The molecule has 0 atom stereocenters. The van der Waals surface area contributed by atoms with Gasteiger partial charge in [-0.1, -0.05) is 48.5 Å². The second-order valence-corrected chi connectivity index (χ2v) is 7.59. The number of likely N-dealkylation sites (tertiary alicyclic amines) is 1. The maximum atomic E-state index is 12.6. The lowest BCUT2D eigenvalue weighted by Crippen LogP contribution is -2.41. The van der Waals surface area contributed by atoms with Crippen LogP contribution < -0.4 is 5.32 Å². The molecule has 2 heterocycles. The van der Waals surface area contributed by atoms with Crippen molar-refractivity contribution in [1.29, 1.82) is 0 Å². The van der Waals surface area contributed by atoms with E-state index in [1.165, 1.54) is 5.56 Å². The van der Waals surface area contributed by atoms with E-state index >= 15 is 0 Å². The van der Waals surface area contributed by atoms with Gasteiger partial charge in [0.15, 0.2) is 6.29 Å². The third-order valence-electron chi connectivity index (χ3n) is 5.56. The van der Waals surface area contributed by atoms with Gasteiger partial charge in [0, 0.05) is 11.6 Å². The van der Waals surface area contributed by atoms with Crippen LogP contribution in [0.5, 0.6) is 0 Å². The maximum absolute atomic E-state index is 12.6. The van der Waals surface area contributed by atoms with Gasteiger partial charge >= 0.3 is 0 Å². The number of nitrogens with zero attached hydrogens (tertiary/aromatic N) is 1. The van der Waals surface area contributed by atoms with Gasteiger partial charge in [-0.2, -0.15) is 0 Å².